The van der Waals surface area contributed by atoms with E-state index in [4.69, 9.17) is 17.3 Å². The number of carbonyl (C=O) groups excluding carboxylic acids is 1. The smallest absolute Gasteiger partial charge is 0.250 e. The molecule has 146 valence electrons. The van der Waals surface area contributed by atoms with Crippen molar-refractivity contribution in [3.05, 3.63) is 58.6 Å². The number of carbonyl (C=O) groups is 1. The quantitative estimate of drug-likeness (QED) is 0.588. The Morgan fingerprint density at radius 3 is 2.52 bits per heavy atom. The maximum atomic E-state index is 11.3. The maximum absolute atomic E-state index is 11.3. The molecular formula is C22H28Cl2N2O. The number of benzene rings is 2. The van der Waals surface area contributed by atoms with E-state index < -0.39 is 5.91 Å². The number of rotatable bonds is 7. The van der Waals surface area contributed by atoms with Crippen molar-refractivity contribution >= 4 is 29.9 Å². The summed E-state index contributed by atoms with van der Waals surface area (Å²) >= 11 is 6.18. The van der Waals surface area contributed by atoms with Gasteiger partial charge in [-0.3, -0.25) is 4.79 Å². The van der Waals surface area contributed by atoms with Crippen LogP contribution in [0.2, 0.25) is 5.02 Å². The van der Waals surface area contributed by atoms with Crippen LogP contribution in [0.25, 0.3) is 11.1 Å². The van der Waals surface area contributed by atoms with Gasteiger partial charge in [-0.15, -0.1) is 12.4 Å². The van der Waals surface area contributed by atoms with Crippen LogP contribution < -0.4 is 11.1 Å². The fourth-order valence-electron chi connectivity index (χ4n) is 3.77. The Bertz CT molecular complexity index is 758. The van der Waals surface area contributed by atoms with Crippen LogP contribution >= 0.6 is 24.0 Å². The summed E-state index contributed by atoms with van der Waals surface area (Å²) in [6.45, 7) is 1.95. The molecular weight excluding hydrogens is 379 g/mol. The van der Waals surface area contributed by atoms with Gasteiger partial charge in [0, 0.05) is 6.54 Å². The molecule has 3 rings (SSSR count). The molecule has 0 aliphatic heterocycles. The third kappa shape index (κ3) is 6.24. The Kier molecular flexibility index (Phi) is 8.62. The van der Waals surface area contributed by atoms with Gasteiger partial charge < -0.3 is 11.1 Å². The summed E-state index contributed by atoms with van der Waals surface area (Å²) in [5.74, 6) is 0.408. The second-order valence-corrected chi connectivity index (χ2v) is 7.64. The van der Waals surface area contributed by atoms with E-state index in [1.165, 1.54) is 44.1 Å². The third-order valence-corrected chi connectivity index (χ3v) is 5.59. The number of hydrogen-bond donors (Lipinski definition) is 2. The van der Waals surface area contributed by atoms with Gasteiger partial charge in [-0.25, -0.2) is 0 Å². The summed E-state index contributed by atoms with van der Waals surface area (Å²) in [6, 6.07) is 13.8. The van der Waals surface area contributed by atoms with Crippen LogP contribution in [0.3, 0.4) is 0 Å². The van der Waals surface area contributed by atoms with Gasteiger partial charge in [0.05, 0.1) is 10.6 Å². The molecule has 0 unspecified atom stereocenters. The van der Waals surface area contributed by atoms with Gasteiger partial charge in [0.25, 0.3) is 0 Å². The molecule has 1 aliphatic rings. The first-order chi connectivity index (χ1) is 12.6. The van der Waals surface area contributed by atoms with Crippen LogP contribution in [0.4, 0.5) is 0 Å². The number of nitrogens with two attached hydrogens (primary N) is 1. The molecule has 0 radical (unpaired) electrons. The van der Waals surface area contributed by atoms with E-state index in [-0.39, 0.29) is 12.4 Å². The molecule has 0 bridgehead atoms. The van der Waals surface area contributed by atoms with Crippen molar-refractivity contribution in [3.63, 3.8) is 0 Å². The Balaban J connectivity index is 0.00000261. The molecule has 0 heterocycles. The van der Waals surface area contributed by atoms with Crippen molar-refractivity contribution in [2.45, 2.75) is 45.1 Å². The average Bonchev–Trinajstić information content (AvgIpc) is 2.66. The maximum Gasteiger partial charge on any atom is 0.250 e. The van der Waals surface area contributed by atoms with Crippen LogP contribution in [-0.2, 0) is 6.54 Å². The summed E-state index contributed by atoms with van der Waals surface area (Å²) in [7, 11) is 0. The molecule has 0 atom stereocenters. The molecule has 0 aromatic heterocycles. The molecule has 2 aromatic rings. The summed E-state index contributed by atoms with van der Waals surface area (Å²) < 4.78 is 0. The van der Waals surface area contributed by atoms with Gasteiger partial charge in [0.2, 0.25) is 5.91 Å². The van der Waals surface area contributed by atoms with Crippen molar-refractivity contribution in [2.75, 3.05) is 6.54 Å². The van der Waals surface area contributed by atoms with Crippen molar-refractivity contribution in [1.29, 1.82) is 0 Å². The second kappa shape index (κ2) is 10.7. The van der Waals surface area contributed by atoms with Crippen molar-refractivity contribution in [1.82, 2.24) is 5.32 Å². The highest BCUT2D eigenvalue weighted by Gasteiger charge is 2.12. The van der Waals surface area contributed by atoms with E-state index in [0.29, 0.717) is 10.6 Å². The van der Waals surface area contributed by atoms with Crippen LogP contribution in [-0.4, -0.2) is 12.5 Å². The van der Waals surface area contributed by atoms with Gasteiger partial charge in [-0.1, -0.05) is 68.0 Å². The highest BCUT2D eigenvalue weighted by Crippen LogP contribution is 2.27. The lowest BCUT2D eigenvalue weighted by Crippen LogP contribution is -2.19. The summed E-state index contributed by atoms with van der Waals surface area (Å²) in [6.07, 6.45) is 8.32. The summed E-state index contributed by atoms with van der Waals surface area (Å²) in [4.78, 5) is 11.3. The van der Waals surface area contributed by atoms with Gasteiger partial charge in [-0.05, 0) is 53.8 Å². The predicted octanol–water partition coefficient (Wildman–Crippen LogP) is 5.59. The molecule has 0 spiro atoms. The minimum Gasteiger partial charge on any atom is -0.366 e. The largest absolute Gasteiger partial charge is 0.366 e. The lowest BCUT2D eigenvalue weighted by atomic mass is 9.87. The molecule has 2 aromatic carbocycles. The molecule has 27 heavy (non-hydrogen) atoms. The van der Waals surface area contributed by atoms with Gasteiger partial charge >= 0.3 is 0 Å². The number of hydrogen-bond acceptors (Lipinski definition) is 2. The van der Waals surface area contributed by atoms with E-state index in [2.05, 4.69) is 29.6 Å². The zero-order chi connectivity index (χ0) is 18.4. The minimum atomic E-state index is -0.502. The van der Waals surface area contributed by atoms with Crippen LogP contribution in [0.1, 0.15) is 54.4 Å². The Hall–Kier alpha value is -1.55. The van der Waals surface area contributed by atoms with E-state index in [9.17, 15) is 4.79 Å². The Labute approximate surface area is 173 Å². The zero-order valence-electron chi connectivity index (χ0n) is 15.5. The van der Waals surface area contributed by atoms with Crippen molar-refractivity contribution in [2.24, 2.45) is 11.7 Å². The Morgan fingerprint density at radius 2 is 1.81 bits per heavy atom. The Morgan fingerprint density at radius 1 is 1.07 bits per heavy atom. The lowest BCUT2D eigenvalue weighted by molar-refractivity contribution is 0.100. The fraction of sp³-hybridized carbons (Fsp3) is 0.409. The standard InChI is InChI=1S/C22H27ClN2O.ClH/c23-21-14-19(9-10-20(21)22(24)26)18-8-4-7-17(13-18)15-25-12-11-16-5-2-1-3-6-16;/h4,7-10,13-14,16,25H,1-3,5-6,11-12,15H2,(H2,24,26);1H. The van der Waals surface area contributed by atoms with Crippen molar-refractivity contribution < 1.29 is 4.79 Å². The molecule has 1 aliphatic carbocycles. The molecule has 3 nitrogen and oxygen atoms in total. The highest BCUT2D eigenvalue weighted by atomic mass is 35.5. The van der Waals surface area contributed by atoms with E-state index in [1.54, 1.807) is 12.1 Å². The molecule has 5 heteroatoms. The number of primary amides is 1. The molecule has 1 amide bonds. The normalized spacial score (nSPS) is 14.6. The molecule has 0 saturated heterocycles. The lowest BCUT2D eigenvalue weighted by Gasteiger charge is -2.21. The number of amides is 1. The molecule has 1 fully saturated rings. The van der Waals surface area contributed by atoms with Crippen LogP contribution in [0, 0.1) is 5.92 Å². The number of nitrogens with one attached hydrogen (secondary N) is 1. The fourth-order valence-corrected chi connectivity index (χ4v) is 4.04. The van der Waals surface area contributed by atoms with E-state index >= 15 is 0 Å². The van der Waals surface area contributed by atoms with E-state index in [1.807, 2.05) is 6.07 Å². The molecule has 3 N–H and O–H groups in total. The van der Waals surface area contributed by atoms with Gasteiger partial charge in [-0.2, -0.15) is 0 Å². The van der Waals surface area contributed by atoms with Crippen LogP contribution in [0.15, 0.2) is 42.5 Å². The first-order valence-corrected chi connectivity index (χ1v) is 9.90. The SMILES string of the molecule is Cl.NC(=O)c1ccc(-c2cccc(CNCCC3CCCCC3)c2)cc1Cl. The van der Waals surface area contributed by atoms with Crippen molar-refractivity contribution in [3.8, 4) is 11.1 Å². The number of halogens is 2. The predicted molar refractivity (Wildman–Crippen MR) is 116 cm³/mol. The first kappa shape index (κ1) is 21.7. The highest BCUT2D eigenvalue weighted by molar-refractivity contribution is 6.34. The topological polar surface area (TPSA) is 55.1 Å². The van der Waals surface area contributed by atoms with Gasteiger partial charge in [0.15, 0.2) is 0 Å². The van der Waals surface area contributed by atoms with Gasteiger partial charge in [0.1, 0.15) is 0 Å². The van der Waals surface area contributed by atoms with Crippen LogP contribution in [0.5, 0.6) is 0 Å². The monoisotopic (exact) mass is 406 g/mol. The minimum absolute atomic E-state index is 0. The zero-order valence-corrected chi connectivity index (χ0v) is 17.1. The first-order valence-electron chi connectivity index (χ1n) is 9.53. The third-order valence-electron chi connectivity index (χ3n) is 5.28. The summed E-state index contributed by atoms with van der Waals surface area (Å²) in [5, 5.41) is 3.97. The molecule has 1 saturated carbocycles. The average molecular weight is 407 g/mol. The second-order valence-electron chi connectivity index (χ2n) is 7.23. The van der Waals surface area contributed by atoms with E-state index in [0.717, 1.165) is 30.1 Å². The summed E-state index contributed by atoms with van der Waals surface area (Å²) in [5.41, 5.74) is 9.01.